The van der Waals surface area contributed by atoms with Crippen LogP contribution in [0.3, 0.4) is 0 Å². The molecule has 1 aromatic rings. The molecule has 146 valence electrons. The average Bonchev–Trinajstić information content (AvgIpc) is 3.42. The van der Waals surface area contributed by atoms with Crippen LogP contribution < -0.4 is 0 Å². The third-order valence-corrected chi connectivity index (χ3v) is 5.87. The van der Waals surface area contributed by atoms with E-state index in [4.69, 9.17) is 0 Å². The van der Waals surface area contributed by atoms with Crippen molar-refractivity contribution < 1.29 is 18.4 Å². The Labute approximate surface area is 157 Å². The lowest BCUT2D eigenvalue weighted by molar-refractivity contribution is -0.175. The highest BCUT2D eigenvalue weighted by Gasteiger charge is 2.56. The molecule has 3 fully saturated rings. The van der Waals surface area contributed by atoms with Crippen LogP contribution in [0, 0.1) is 18.3 Å². The summed E-state index contributed by atoms with van der Waals surface area (Å²) in [5.74, 6) is -3.62. The van der Waals surface area contributed by atoms with Crippen LogP contribution >= 0.6 is 0 Å². The molecule has 3 aliphatic rings. The Kier molecular flexibility index (Phi) is 4.43. The number of carbonyl (C=O) groups excluding carboxylic acids is 2. The molecule has 0 unspecified atom stereocenters. The predicted octanol–water partition coefficient (Wildman–Crippen LogP) is 2.78. The van der Waals surface area contributed by atoms with Gasteiger partial charge in [-0.1, -0.05) is 6.07 Å². The van der Waals surface area contributed by atoms with E-state index in [1.807, 2.05) is 25.1 Å². The van der Waals surface area contributed by atoms with Gasteiger partial charge in [-0.15, -0.1) is 0 Å². The van der Waals surface area contributed by atoms with Crippen molar-refractivity contribution in [3.8, 4) is 0 Å². The van der Waals surface area contributed by atoms with Crippen molar-refractivity contribution in [1.29, 1.82) is 0 Å². The van der Waals surface area contributed by atoms with Crippen molar-refractivity contribution >= 4 is 11.8 Å². The molecular weight excluding hydrogens is 352 g/mol. The maximum Gasteiger partial charge on any atom is 0.266 e. The largest absolute Gasteiger partial charge is 0.336 e. The van der Waals surface area contributed by atoms with Gasteiger partial charge >= 0.3 is 0 Å². The molecule has 4 rings (SSSR count). The molecule has 5 nitrogen and oxygen atoms in total. The topological polar surface area (TPSA) is 53.5 Å². The van der Waals surface area contributed by atoms with Crippen molar-refractivity contribution in [2.45, 2.75) is 51.5 Å². The van der Waals surface area contributed by atoms with Gasteiger partial charge in [-0.2, -0.15) is 0 Å². The first kappa shape index (κ1) is 18.3. The number of pyridine rings is 1. The molecule has 1 aromatic heterocycles. The normalized spacial score (nSPS) is 27.9. The van der Waals surface area contributed by atoms with Crippen molar-refractivity contribution in [3.05, 3.63) is 29.6 Å². The zero-order chi connectivity index (χ0) is 19.2. The smallest absolute Gasteiger partial charge is 0.266 e. The van der Waals surface area contributed by atoms with Gasteiger partial charge in [0.05, 0.1) is 24.2 Å². The SMILES string of the molecule is Cc1cccc(CN2CCC[C@]3(CN(C(=O)C4CC4)CC(F)(F)C3)C2=O)n1. The summed E-state index contributed by atoms with van der Waals surface area (Å²) in [4.78, 5) is 33.0. The number of hydrogen-bond acceptors (Lipinski definition) is 3. The van der Waals surface area contributed by atoms with Gasteiger partial charge in [-0.25, -0.2) is 8.78 Å². The molecule has 0 N–H and O–H groups in total. The van der Waals surface area contributed by atoms with Crippen LogP contribution in [0.1, 0.15) is 43.5 Å². The Balaban J connectivity index is 1.56. The number of hydrogen-bond donors (Lipinski definition) is 0. The van der Waals surface area contributed by atoms with Gasteiger partial charge in [0.15, 0.2) is 0 Å². The van der Waals surface area contributed by atoms with E-state index in [1.54, 1.807) is 4.90 Å². The third-order valence-electron chi connectivity index (χ3n) is 5.87. The molecule has 0 radical (unpaired) electrons. The minimum absolute atomic E-state index is 0.120. The van der Waals surface area contributed by atoms with E-state index in [1.165, 1.54) is 4.90 Å². The molecule has 2 aliphatic heterocycles. The molecule has 27 heavy (non-hydrogen) atoms. The maximum atomic E-state index is 14.5. The second kappa shape index (κ2) is 6.53. The molecule has 1 saturated carbocycles. The molecule has 2 saturated heterocycles. The van der Waals surface area contributed by atoms with Gasteiger partial charge < -0.3 is 9.80 Å². The number of piperidine rings is 2. The number of aryl methyl sites for hydroxylation is 1. The third kappa shape index (κ3) is 3.69. The number of alkyl halides is 2. The van der Waals surface area contributed by atoms with E-state index >= 15 is 0 Å². The second-order valence-corrected chi connectivity index (χ2v) is 8.38. The van der Waals surface area contributed by atoms with E-state index in [0.29, 0.717) is 25.9 Å². The standard InChI is InChI=1S/C20H25F2N3O2/c1-14-4-2-5-16(23-14)10-24-9-3-8-19(18(24)27)11-20(21,22)13-25(12-19)17(26)15-6-7-15/h2,4-5,15H,3,6-13H2,1H3/t19-/m0/s1. The highest BCUT2D eigenvalue weighted by molar-refractivity contribution is 5.86. The lowest BCUT2D eigenvalue weighted by Gasteiger charge is -2.49. The Bertz CT molecular complexity index is 765. The summed E-state index contributed by atoms with van der Waals surface area (Å²) in [6, 6.07) is 5.61. The van der Waals surface area contributed by atoms with E-state index in [0.717, 1.165) is 24.2 Å². The monoisotopic (exact) mass is 377 g/mol. The Morgan fingerprint density at radius 1 is 1.30 bits per heavy atom. The fraction of sp³-hybridized carbons (Fsp3) is 0.650. The predicted molar refractivity (Wildman–Crippen MR) is 94.9 cm³/mol. The van der Waals surface area contributed by atoms with Crippen LogP contribution in [0.5, 0.6) is 0 Å². The van der Waals surface area contributed by atoms with Crippen molar-refractivity contribution in [1.82, 2.24) is 14.8 Å². The van der Waals surface area contributed by atoms with Crippen LogP contribution in [0.25, 0.3) is 0 Å². The second-order valence-electron chi connectivity index (χ2n) is 8.38. The van der Waals surface area contributed by atoms with Crippen LogP contribution in [0.4, 0.5) is 8.78 Å². The first-order valence-corrected chi connectivity index (χ1v) is 9.67. The highest BCUT2D eigenvalue weighted by atomic mass is 19.3. The molecule has 2 amide bonds. The quantitative estimate of drug-likeness (QED) is 0.814. The number of nitrogens with zero attached hydrogens (tertiary/aromatic N) is 3. The van der Waals surface area contributed by atoms with Gasteiger partial charge in [-0.05, 0) is 44.7 Å². The van der Waals surface area contributed by atoms with E-state index in [2.05, 4.69) is 4.98 Å². The van der Waals surface area contributed by atoms with E-state index in [-0.39, 0.29) is 24.3 Å². The summed E-state index contributed by atoms with van der Waals surface area (Å²) < 4.78 is 29.1. The average molecular weight is 377 g/mol. The van der Waals surface area contributed by atoms with Crippen molar-refractivity contribution in [2.75, 3.05) is 19.6 Å². The zero-order valence-electron chi connectivity index (χ0n) is 15.6. The van der Waals surface area contributed by atoms with Crippen molar-refractivity contribution in [2.24, 2.45) is 11.3 Å². The number of rotatable bonds is 3. The van der Waals surface area contributed by atoms with Crippen LogP contribution in [-0.2, 0) is 16.1 Å². The molecule has 0 aromatic carbocycles. The lowest BCUT2D eigenvalue weighted by atomic mass is 9.71. The van der Waals surface area contributed by atoms with Crippen molar-refractivity contribution in [3.63, 3.8) is 0 Å². The number of carbonyl (C=O) groups is 2. The van der Waals surface area contributed by atoms with Gasteiger partial charge in [0, 0.05) is 31.1 Å². The zero-order valence-corrected chi connectivity index (χ0v) is 15.6. The number of aromatic nitrogens is 1. The molecule has 1 spiro atoms. The fourth-order valence-corrected chi connectivity index (χ4v) is 4.55. The molecular formula is C20H25F2N3O2. The molecule has 3 heterocycles. The summed E-state index contributed by atoms with van der Waals surface area (Å²) in [6.07, 6.45) is 2.15. The minimum atomic E-state index is -3.02. The molecule has 7 heteroatoms. The van der Waals surface area contributed by atoms with Crippen LogP contribution in [0.2, 0.25) is 0 Å². The fourth-order valence-electron chi connectivity index (χ4n) is 4.55. The first-order valence-electron chi connectivity index (χ1n) is 9.67. The summed E-state index contributed by atoms with van der Waals surface area (Å²) in [6.45, 7) is 2.31. The summed E-state index contributed by atoms with van der Waals surface area (Å²) >= 11 is 0. The molecule has 1 atom stereocenters. The Morgan fingerprint density at radius 3 is 2.78 bits per heavy atom. The van der Waals surface area contributed by atoms with Gasteiger partial charge in [0.2, 0.25) is 11.8 Å². The van der Waals surface area contributed by atoms with Gasteiger partial charge in [0.25, 0.3) is 5.92 Å². The summed E-state index contributed by atoms with van der Waals surface area (Å²) in [5, 5.41) is 0. The van der Waals surface area contributed by atoms with Gasteiger partial charge in [-0.3, -0.25) is 14.6 Å². The maximum absolute atomic E-state index is 14.5. The van der Waals surface area contributed by atoms with Crippen LogP contribution in [-0.4, -0.2) is 52.2 Å². The molecule has 1 aliphatic carbocycles. The Morgan fingerprint density at radius 2 is 2.07 bits per heavy atom. The Hall–Kier alpha value is -2.05. The minimum Gasteiger partial charge on any atom is -0.336 e. The number of likely N-dealkylation sites (tertiary alicyclic amines) is 2. The summed E-state index contributed by atoms with van der Waals surface area (Å²) in [5.41, 5.74) is 0.444. The molecule has 0 bridgehead atoms. The lowest BCUT2D eigenvalue weighted by Crippen LogP contribution is -2.62. The first-order chi connectivity index (χ1) is 12.8. The van der Waals surface area contributed by atoms with E-state index < -0.39 is 24.3 Å². The number of amides is 2. The summed E-state index contributed by atoms with van der Waals surface area (Å²) in [7, 11) is 0. The number of halogens is 2. The van der Waals surface area contributed by atoms with Crippen LogP contribution in [0.15, 0.2) is 18.2 Å². The highest BCUT2D eigenvalue weighted by Crippen LogP contribution is 2.46. The van der Waals surface area contributed by atoms with E-state index in [9.17, 15) is 18.4 Å². The van der Waals surface area contributed by atoms with Gasteiger partial charge in [0.1, 0.15) is 0 Å².